The van der Waals surface area contributed by atoms with Crippen LogP contribution in [0.5, 0.6) is 5.75 Å². The average Bonchev–Trinajstić information content (AvgIpc) is 2.42. The number of halogens is 3. The van der Waals surface area contributed by atoms with Gasteiger partial charge in [0.25, 0.3) is 0 Å². The quantitative estimate of drug-likeness (QED) is 0.880. The number of nitrogens with one attached hydrogen (secondary N) is 2. The number of rotatable bonds is 4. The highest BCUT2D eigenvalue weighted by Crippen LogP contribution is 2.20. The predicted molar refractivity (Wildman–Crippen MR) is 76.9 cm³/mol. The molecule has 0 bridgehead atoms. The number of carbonyl (C=O) groups is 1. The number of hydrogen-bond donors (Lipinski definition) is 2. The van der Waals surface area contributed by atoms with E-state index in [2.05, 4.69) is 15.4 Å². The van der Waals surface area contributed by atoms with Crippen LogP contribution in [0.25, 0.3) is 0 Å². The van der Waals surface area contributed by atoms with Gasteiger partial charge < -0.3 is 15.4 Å². The van der Waals surface area contributed by atoms with E-state index in [0.29, 0.717) is 0 Å². The molecule has 0 radical (unpaired) electrons. The maximum Gasteiger partial charge on any atom is 0.387 e. The second-order valence-electron chi connectivity index (χ2n) is 4.47. The molecule has 7 heteroatoms. The summed E-state index contributed by atoms with van der Waals surface area (Å²) in [5.74, 6) is -0.662. The van der Waals surface area contributed by atoms with Crippen molar-refractivity contribution in [3.63, 3.8) is 0 Å². The predicted octanol–water partition coefficient (Wildman–Crippen LogP) is 4.38. The normalized spacial score (nSPS) is 10.4. The van der Waals surface area contributed by atoms with Gasteiger partial charge in [0.15, 0.2) is 0 Å². The summed E-state index contributed by atoms with van der Waals surface area (Å²) in [6, 6.07) is 9.09. The first-order valence-electron chi connectivity index (χ1n) is 6.33. The topological polar surface area (TPSA) is 50.4 Å². The van der Waals surface area contributed by atoms with Crippen LogP contribution in [0.3, 0.4) is 0 Å². The Bertz CT molecular complexity index is 678. The summed E-state index contributed by atoms with van der Waals surface area (Å²) in [4.78, 5) is 11.8. The van der Waals surface area contributed by atoms with Gasteiger partial charge in [-0.25, -0.2) is 9.18 Å². The van der Waals surface area contributed by atoms with Gasteiger partial charge in [-0.15, -0.1) is 0 Å². The minimum atomic E-state index is -2.95. The third-order valence-electron chi connectivity index (χ3n) is 2.69. The van der Waals surface area contributed by atoms with E-state index in [1.54, 1.807) is 13.0 Å². The molecule has 0 aliphatic heterocycles. The SMILES string of the molecule is Cc1ccc(F)c(NC(=O)Nc2cccc(OC(F)F)c2)c1. The van der Waals surface area contributed by atoms with Gasteiger partial charge in [0.2, 0.25) is 0 Å². The van der Waals surface area contributed by atoms with Crippen LogP contribution in [-0.4, -0.2) is 12.6 Å². The molecule has 2 aromatic carbocycles. The Morgan fingerprint density at radius 2 is 1.91 bits per heavy atom. The number of hydrogen-bond acceptors (Lipinski definition) is 2. The van der Waals surface area contributed by atoms with Crippen LogP contribution in [0.2, 0.25) is 0 Å². The van der Waals surface area contributed by atoms with Crippen molar-refractivity contribution in [2.24, 2.45) is 0 Å². The van der Waals surface area contributed by atoms with Crippen molar-refractivity contribution in [1.29, 1.82) is 0 Å². The Labute approximate surface area is 124 Å². The monoisotopic (exact) mass is 310 g/mol. The van der Waals surface area contributed by atoms with E-state index in [9.17, 15) is 18.0 Å². The van der Waals surface area contributed by atoms with E-state index in [0.717, 1.165) is 5.56 Å². The molecule has 0 unspecified atom stereocenters. The summed E-state index contributed by atoms with van der Waals surface area (Å²) in [6.45, 7) is -1.20. The highest BCUT2D eigenvalue weighted by molar-refractivity contribution is 5.99. The van der Waals surface area contributed by atoms with E-state index in [1.165, 1.54) is 36.4 Å². The number of urea groups is 1. The maximum atomic E-state index is 13.5. The lowest BCUT2D eigenvalue weighted by Crippen LogP contribution is -2.20. The Balaban J connectivity index is 2.04. The van der Waals surface area contributed by atoms with E-state index in [1.807, 2.05) is 0 Å². The van der Waals surface area contributed by atoms with Crippen molar-refractivity contribution < 1.29 is 22.7 Å². The van der Waals surface area contributed by atoms with Crippen molar-refractivity contribution in [3.8, 4) is 5.75 Å². The van der Waals surface area contributed by atoms with Gasteiger partial charge in [-0.2, -0.15) is 8.78 Å². The highest BCUT2D eigenvalue weighted by atomic mass is 19.3. The van der Waals surface area contributed by atoms with Crippen molar-refractivity contribution >= 4 is 17.4 Å². The lowest BCUT2D eigenvalue weighted by Gasteiger charge is -2.10. The number of benzene rings is 2. The van der Waals surface area contributed by atoms with Gasteiger partial charge in [0.1, 0.15) is 11.6 Å². The van der Waals surface area contributed by atoms with Crippen LogP contribution < -0.4 is 15.4 Å². The number of alkyl halides is 2. The van der Waals surface area contributed by atoms with Gasteiger partial charge in [0.05, 0.1) is 5.69 Å². The van der Waals surface area contributed by atoms with E-state index in [-0.39, 0.29) is 17.1 Å². The van der Waals surface area contributed by atoms with Crippen molar-refractivity contribution in [2.75, 3.05) is 10.6 Å². The molecule has 0 aliphatic carbocycles. The summed E-state index contributed by atoms with van der Waals surface area (Å²) in [7, 11) is 0. The zero-order chi connectivity index (χ0) is 16.1. The first-order chi connectivity index (χ1) is 10.4. The first kappa shape index (κ1) is 15.7. The smallest absolute Gasteiger partial charge is 0.387 e. The molecule has 2 rings (SSSR count). The van der Waals surface area contributed by atoms with E-state index >= 15 is 0 Å². The molecule has 0 saturated heterocycles. The molecule has 22 heavy (non-hydrogen) atoms. The number of carbonyl (C=O) groups excluding carboxylic acids is 1. The summed E-state index contributed by atoms with van der Waals surface area (Å²) in [5, 5.41) is 4.75. The van der Waals surface area contributed by atoms with Crippen LogP contribution >= 0.6 is 0 Å². The number of amides is 2. The van der Waals surface area contributed by atoms with Gasteiger partial charge >= 0.3 is 12.6 Å². The first-order valence-corrected chi connectivity index (χ1v) is 6.33. The fourth-order valence-corrected chi connectivity index (χ4v) is 1.77. The summed E-state index contributed by atoms with van der Waals surface area (Å²) < 4.78 is 42.0. The van der Waals surface area contributed by atoms with Crippen molar-refractivity contribution in [2.45, 2.75) is 13.5 Å². The molecule has 0 saturated carbocycles. The van der Waals surface area contributed by atoms with Crippen LogP contribution in [0.4, 0.5) is 29.3 Å². The molecule has 4 nitrogen and oxygen atoms in total. The Morgan fingerprint density at radius 1 is 1.14 bits per heavy atom. The van der Waals surface area contributed by atoms with Gasteiger partial charge in [0, 0.05) is 11.8 Å². The summed E-state index contributed by atoms with van der Waals surface area (Å²) >= 11 is 0. The minimum Gasteiger partial charge on any atom is -0.435 e. The van der Waals surface area contributed by atoms with Crippen LogP contribution in [0.1, 0.15) is 5.56 Å². The standard InChI is InChI=1S/C15H13F3N2O2/c1-9-5-6-12(16)13(7-9)20-15(21)19-10-3-2-4-11(8-10)22-14(17)18/h2-8,14H,1H3,(H2,19,20,21). The third kappa shape index (κ3) is 4.41. The van der Waals surface area contributed by atoms with E-state index in [4.69, 9.17) is 0 Å². The highest BCUT2D eigenvalue weighted by Gasteiger charge is 2.09. The molecule has 0 aromatic heterocycles. The van der Waals surface area contributed by atoms with Gasteiger partial charge in [-0.05, 0) is 36.8 Å². The van der Waals surface area contributed by atoms with Crippen LogP contribution in [-0.2, 0) is 0 Å². The molecule has 0 atom stereocenters. The van der Waals surface area contributed by atoms with Gasteiger partial charge in [-0.1, -0.05) is 12.1 Å². The zero-order valence-electron chi connectivity index (χ0n) is 11.6. The summed E-state index contributed by atoms with van der Waals surface area (Å²) in [5.41, 5.74) is 1.05. The molecule has 0 fully saturated rings. The molecule has 0 heterocycles. The fraction of sp³-hybridized carbons (Fsp3) is 0.133. The number of aryl methyl sites for hydroxylation is 1. The van der Waals surface area contributed by atoms with Crippen LogP contribution in [0.15, 0.2) is 42.5 Å². The molecule has 2 aromatic rings. The average molecular weight is 310 g/mol. The molecule has 2 amide bonds. The third-order valence-corrected chi connectivity index (χ3v) is 2.69. The van der Waals surface area contributed by atoms with E-state index < -0.39 is 18.5 Å². The Morgan fingerprint density at radius 3 is 2.64 bits per heavy atom. The minimum absolute atomic E-state index is 0.0254. The largest absolute Gasteiger partial charge is 0.435 e. The van der Waals surface area contributed by atoms with Crippen molar-refractivity contribution in [3.05, 3.63) is 53.8 Å². The fourth-order valence-electron chi connectivity index (χ4n) is 1.77. The Hall–Kier alpha value is -2.70. The molecule has 116 valence electrons. The number of anilines is 2. The van der Waals surface area contributed by atoms with Crippen molar-refractivity contribution in [1.82, 2.24) is 0 Å². The second-order valence-corrected chi connectivity index (χ2v) is 4.47. The lowest BCUT2D eigenvalue weighted by atomic mass is 10.2. The number of ether oxygens (including phenoxy) is 1. The second kappa shape index (κ2) is 6.84. The Kier molecular flexibility index (Phi) is 4.88. The molecule has 0 spiro atoms. The molecular formula is C15H13F3N2O2. The lowest BCUT2D eigenvalue weighted by molar-refractivity contribution is -0.0497. The molecule has 0 aliphatic rings. The molecule has 2 N–H and O–H groups in total. The van der Waals surface area contributed by atoms with Crippen LogP contribution in [0, 0.1) is 12.7 Å². The summed E-state index contributed by atoms with van der Waals surface area (Å²) in [6.07, 6.45) is 0. The zero-order valence-corrected chi connectivity index (χ0v) is 11.6. The van der Waals surface area contributed by atoms with Gasteiger partial charge in [-0.3, -0.25) is 0 Å². The molecular weight excluding hydrogens is 297 g/mol. The maximum absolute atomic E-state index is 13.5.